The summed E-state index contributed by atoms with van der Waals surface area (Å²) in [5.41, 5.74) is -0.336. The summed E-state index contributed by atoms with van der Waals surface area (Å²) in [7, 11) is 0. The maximum atomic E-state index is 14.7. The zero-order valence-corrected chi connectivity index (χ0v) is 20.4. The molecule has 37 heavy (non-hydrogen) atoms. The van der Waals surface area contributed by atoms with Gasteiger partial charge in [-0.3, -0.25) is 19.8 Å². The lowest BCUT2D eigenvalue weighted by Gasteiger charge is -2.35. The molecular weight excluding hydrogens is 481 g/mol. The number of Topliss-reactive ketones (excluding diaryl/α,β-unsaturated/α-hetero) is 1. The number of likely N-dealkylation sites (tertiary alicyclic amines) is 1. The van der Waals surface area contributed by atoms with Gasteiger partial charge in [-0.15, -0.1) is 0 Å². The number of halogens is 1. The highest BCUT2D eigenvalue weighted by atomic mass is 19.1. The van der Waals surface area contributed by atoms with Gasteiger partial charge < -0.3 is 14.6 Å². The molecule has 4 rings (SSSR count). The maximum Gasteiger partial charge on any atom is 0.280 e. The highest BCUT2D eigenvalue weighted by Crippen LogP contribution is 2.38. The number of carbonyl (C=O) groups is 1. The minimum atomic E-state index is -0.962. The van der Waals surface area contributed by atoms with E-state index in [1.165, 1.54) is 30.3 Å². The number of aliphatic hydroxyl groups excluding tert-OH is 1. The van der Waals surface area contributed by atoms with Crippen LogP contribution in [-0.4, -0.2) is 65.3 Å². The van der Waals surface area contributed by atoms with Crippen molar-refractivity contribution >= 4 is 17.5 Å². The molecule has 2 saturated heterocycles. The number of ether oxygens (including phenoxy) is 2. The van der Waals surface area contributed by atoms with E-state index in [9.17, 15) is 29.7 Å². The molecule has 2 heterocycles. The van der Waals surface area contributed by atoms with Gasteiger partial charge in [-0.1, -0.05) is 18.2 Å². The van der Waals surface area contributed by atoms with E-state index >= 15 is 0 Å². The van der Waals surface area contributed by atoms with Crippen molar-refractivity contribution in [2.24, 2.45) is 0 Å². The van der Waals surface area contributed by atoms with Crippen LogP contribution in [0.3, 0.4) is 0 Å². The molecule has 0 amide bonds. The van der Waals surface area contributed by atoms with Crippen molar-refractivity contribution in [1.82, 2.24) is 4.90 Å². The minimum Gasteiger partial charge on any atom is -0.493 e. The van der Waals surface area contributed by atoms with Crippen LogP contribution in [0.15, 0.2) is 42.0 Å². The van der Waals surface area contributed by atoms with Gasteiger partial charge in [0.1, 0.15) is 23.7 Å². The van der Waals surface area contributed by atoms with E-state index in [4.69, 9.17) is 9.47 Å². The lowest BCUT2D eigenvalue weighted by atomic mass is 9.95. The standard InChI is InChI=1S/C27H28FN3O6/c1-2-37-25-15-23(31(34)35)17(14-21(25)20-5-3-4-6-22(20)28)13-18(16-29)27(33)26-24(32)7-10-30(26)19-8-11-36-12-9-19/h3-6,13-15,19,24,26,32H,2,7-12H2,1H3/t24?,26-/m1/s1. The Morgan fingerprint density at radius 3 is 2.68 bits per heavy atom. The van der Waals surface area contributed by atoms with E-state index in [2.05, 4.69) is 0 Å². The van der Waals surface area contributed by atoms with Crippen LogP contribution in [0, 0.1) is 27.3 Å². The first-order chi connectivity index (χ1) is 17.8. The van der Waals surface area contributed by atoms with Gasteiger partial charge in [0.25, 0.3) is 5.69 Å². The number of nitro benzene ring substituents is 1. The monoisotopic (exact) mass is 509 g/mol. The molecule has 2 atom stereocenters. The number of hydrogen-bond donors (Lipinski definition) is 1. The maximum absolute atomic E-state index is 14.7. The Labute approximate surface area is 213 Å². The summed E-state index contributed by atoms with van der Waals surface area (Å²) < 4.78 is 25.6. The summed E-state index contributed by atoms with van der Waals surface area (Å²) in [5.74, 6) is -1.04. The van der Waals surface area contributed by atoms with Crippen LogP contribution in [0.5, 0.6) is 5.75 Å². The highest BCUT2D eigenvalue weighted by molar-refractivity contribution is 6.07. The molecule has 2 fully saturated rings. The molecule has 0 saturated carbocycles. The second-order valence-corrected chi connectivity index (χ2v) is 8.99. The van der Waals surface area contributed by atoms with Gasteiger partial charge in [0.15, 0.2) is 5.78 Å². The van der Waals surface area contributed by atoms with E-state index < -0.39 is 34.4 Å². The predicted molar refractivity (Wildman–Crippen MR) is 133 cm³/mol. The Bertz CT molecular complexity index is 1250. The molecule has 194 valence electrons. The Morgan fingerprint density at radius 1 is 1.30 bits per heavy atom. The van der Waals surface area contributed by atoms with Gasteiger partial charge in [-0.05, 0) is 44.4 Å². The van der Waals surface area contributed by atoms with Crippen molar-refractivity contribution in [3.8, 4) is 22.9 Å². The van der Waals surface area contributed by atoms with Crippen LogP contribution in [0.25, 0.3) is 17.2 Å². The van der Waals surface area contributed by atoms with E-state index in [1.54, 1.807) is 13.0 Å². The molecule has 0 spiro atoms. The third-order valence-corrected chi connectivity index (χ3v) is 6.81. The van der Waals surface area contributed by atoms with Crippen LogP contribution >= 0.6 is 0 Å². The molecule has 1 N–H and O–H groups in total. The van der Waals surface area contributed by atoms with E-state index in [0.717, 1.165) is 6.08 Å². The molecule has 0 radical (unpaired) electrons. The van der Waals surface area contributed by atoms with Gasteiger partial charge in [0, 0.05) is 36.9 Å². The second kappa shape index (κ2) is 11.6. The summed E-state index contributed by atoms with van der Waals surface area (Å²) in [6.07, 6.45) is 1.98. The quantitative estimate of drug-likeness (QED) is 0.246. The highest BCUT2D eigenvalue weighted by Gasteiger charge is 2.43. The van der Waals surface area contributed by atoms with Crippen molar-refractivity contribution in [3.63, 3.8) is 0 Å². The number of nitro groups is 1. The number of nitriles is 1. The number of benzene rings is 2. The van der Waals surface area contributed by atoms with Gasteiger partial charge in [-0.25, -0.2) is 4.39 Å². The van der Waals surface area contributed by atoms with E-state index in [1.807, 2.05) is 11.0 Å². The minimum absolute atomic E-state index is 0.0345. The van der Waals surface area contributed by atoms with Gasteiger partial charge in [0.2, 0.25) is 0 Å². The van der Waals surface area contributed by atoms with Crippen LogP contribution in [0.2, 0.25) is 0 Å². The molecule has 2 aliphatic rings. The fourth-order valence-corrected chi connectivity index (χ4v) is 5.05. The van der Waals surface area contributed by atoms with Crippen LogP contribution in [0.1, 0.15) is 31.7 Å². The Morgan fingerprint density at radius 2 is 2.03 bits per heavy atom. The SMILES string of the molecule is CCOc1cc([N+](=O)[O-])c(C=C(C#N)C(=O)[C@H]2C(O)CCN2C2CCOCC2)cc1-c1ccccc1F. The molecule has 0 bridgehead atoms. The lowest BCUT2D eigenvalue weighted by molar-refractivity contribution is -0.385. The Kier molecular flexibility index (Phi) is 8.28. The first-order valence-corrected chi connectivity index (χ1v) is 12.2. The Balaban J connectivity index is 1.78. The van der Waals surface area contributed by atoms with Crippen molar-refractivity contribution in [2.45, 2.75) is 44.4 Å². The molecule has 0 aliphatic carbocycles. The first kappa shape index (κ1) is 26.4. The van der Waals surface area contributed by atoms with Gasteiger partial charge in [-0.2, -0.15) is 5.26 Å². The van der Waals surface area contributed by atoms with E-state index in [-0.39, 0.29) is 40.7 Å². The third-order valence-electron chi connectivity index (χ3n) is 6.81. The van der Waals surface area contributed by atoms with Gasteiger partial charge >= 0.3 is 0 Å². The molecular formula is C27H28FN3O6. The number of nitrogens with zero attached hydrogens (tertiary/aromatic N) is 3. The number of hydrogen-bond acceptors (Lipinski definition) is 8. The number of carbonyl (C=O) groups excluding carboxylic acids is 1. The zero-order valence-electron chi connectivity index (χ0n) is 20.4. The zero-order chi connectivity index (χ0) is 26.5. The fourth-order valence-electron chi connectivity index (χ4n) is 5.05. The third kappa shape index (κ3) is 5.54. The van der Waals surface area contributed by atoms with Crippen molar-refractivity contribution in [2.75, 3.05) is 26.4 Å². The average molecular weight is 510 g/mol. The van der Waals surface area contributed by atoms with Crippen LogP contribution < -0.4 is 4.74 Å². The molecule has 2 aliphatic heterocycles. The topological polar surface area (TPSA) is 126 Å². The van der Waals surface area contributed by atoms with Gasteiger partial charge in [0.05, 0.1) is 34.8 Å². The normalized spacial score (nSPS) is 21.0. The summed E-state index contributed by atoms with van der Waals surface area (Å²) in [6, 6.07) is 9.43. The first-order valence-electron chi connectivity index (χ1n) is 12.2. The van der Waals surface area contributed by atoms with Crippen LogP contribution in [-0.2, 0) is 9.53 Å². The Hall–Kier alpha value is -3.65. The summed E-state index contributed by atoms with van der Waals surface area (Å²) >= 11 is 0. The lowest BCUT2D eigenvalue weighted by Crippen LogP contribution is -2.49. The fraction of sp³-hybridized carbons (Fsp3) is 0.407. The molecule has 1 unspecified atom stereocenters. The van der Waals surface area contributed by atoms with Crippen LogP contribution in [0.4, 0.5) is 10.1 Å². The molecule has 10 heteroatoms. The second-order valence-electron chi connectivity index (χ2n) is 8.99. The summed E-state index contributed by atoms with van der Waals surface area (Å²) in [6.45, 7) is 3.50. The van der Waals surface area contributed by atoms with Crippen molar-refractivity contribution in [1.29, 1.82) is 5.26 Å². The van der Waals surface area contributed by atoms with Crippen molar-refractivity contribution < 1.29 is 28.7 Å². The molecule has 9 nitrogen and oxygen atoms in total. The largest absolute Gasteiger partial charge is 0.493 e. The predicted octanol–water partition coefficient (Wildman–Crippen LogP) is 3.89. The average Bonchev–Trinajstić information content (AvgIpc) is 3.29. The van der Waals surface area contributed by atoms with E-state index in [0.29, 0.717) is 39.0 Å². The summed E-state index contributed by atoms with van der Waals surface area (Å²) in [5, 5.41) is 32.4. The number of ketones is 1. The molecule has 2 aromatic rings. The number of aliphatic hydroxyl groups is 1. The number of rotatable bonds is 8. The summed E-state index contributed by atoms with van der Waals surface area (Å²) in [4.78, 5) is 26.7. The molecule has 2 aromatic carbocycles. The van der Waals surface area contributed by atoms with Crippen molar-refractivity contribution in [3.05, 3.63) is 63.5 Å². The smallest absolute Gasteiger partial charge is 0.280 e. The molecule has 0 aromatic heterocycles.